The summed E-state index contributed by atoms with van der Waals surface area (Å²) >= 11 is 1.73. The highest BCUT2D eigenvalue weighted by molar-refractivity contribution is 7.99. The van der Waals surface area contributed by atoms with Crippen LogP contribution in [0.2, 0.25) is 0 Å². The Morgan fingerprint density at radius 3 is 3.12 bits per heavy atom. The lowest BCUT2D eigenvalue weighted by Crippen LogP contribution is -2.27. The molecule has 0 spiro atoms. The van der Waals surface area contributed by atoms with Gasteiger partial charge in [0, 0.05) is 59.2 Å². The summed E-state index contributed by atoms with van der Waals surface area (Å²) in [6.07, 6.45) is 10.6. The number of halogens is 1. The zero-order valence-electron chi connectivity index (χ0n) is 17.8. The van der Waals surface area contributed by atoms with Crippen LogP contribution in [0.4, 0.5) is 10.2 Å². The Bertz CT molecular complexity index is 1370. The van der Waals surface area contributed by atoms with Crippen molar-refractivity contribution in [3.63, 3.8) is 0 Å². The van der Waals surface area contributed by atoms with Crippen LogP contribution >= 0.6 is 11.8 Å². The molecule has 2 aliphatic rings. The van der Waals surface area contributed by atoms with Crippen molar-refractivity contribution in [1.29, 1.82) is 5.26 Å². The van der Waals surface area contributed by atoms with Crippen molar-refractivity contribution in [2.75, 3.05) is 30.4 Å². The van der Waals surface area contributed by atoms with Gasteiger partial charge < -0.3 is 9.88 Å². The number of alkyl halides is 1. The van der Waals surface area contributed by atoms with Gasteiger partial charge in [0.25, 0.3) is 0 Å². The Morgan fingerprint density at radius 1 is 1.30 bits per heavy atom. The predicted molar refractivity (Wildman–Crippen MR) is 124 cm³/mol. The fourth-order valence-electron chi connectivity index (χ4n) is 4.92. The second-order valence-electron chi connectivity index (χ2n) is 8.41. The van der Waals surface area contributed by atoms with Crippen molar-refractivity contribution in [2.45, 2.75) is 23.8 Å². The number of H-pyrrole nitrogens is 1. The van der Waals surface area contributed by atoms with Crippen molar-refractivity contribution in [3.8, 4) is 17.3 Å². The maximum atomic E-state index is 14.3. The molecular formula is C23H21FN8S. The molecule has 0 aromatic carbocycles. The first-order chi connectivity index (χ1) is 16.3. The number of fused-ring (bicyclic) bond motifs is 2. The molecule has 4 aromatic heterocycles. The molecular weight excluding hydrogens is 439 g/mol. The van der Waals surface area contributed by atoms with Gasteiger partial charge in [0.1, 0.15) is 36.1 Å². The van der Waals surface area contributed by atoms with E-state index < -0.39 is 6.67 Å². The first-order valence-corrected chi connectivity index (χ1v) is 11.9. The molecule has 4 aromatic rings. The Morgan fingerprint density at radius 2 is 2.24 bits per heavy atom. The van der Waals surface area contributed by atoms with Gasteiger partial charge in [-0.3, -0.25) is 4.68 Å². The molecule has 1 fully saturated rings. The molecule has 6 rings (SSSR count). The molecule has 0 bridgehead atoms. The van der Waals surface area contributed by atoms with Crippen LogP contribution in [0.25, 0.3) is 22.3 Å². The van der Waals surface area contributed by atoms with Crippen LogP contribution < -0.4 is 4.90 Å². The minimum Gasteiger partial charge on any atom is -0.355 e. The molecule has 0 saturated carbocycles. The highest BCUT2D eigenvalue weighted by Gasteiger charge is 2.34. The minimum atomic E-state index is -0.512. The molecule has 6 heterocycles. The smallest absolute Gasteiger partial charge is 0.147 e. The van der Waals surface area contributed by atoms with Crippen LogP contribution in [0, 0.1) is 17.2 Å². The minimum absolute atomic E-state index is 0.0645. The van der Waals surface area contributed by atoms with Gasteiger partial charge in [-0.2, -0.15) is 10.4 Å². The van der Waals surface area contributed by atoms with E-state index in [0.29, 0.717) is 12.1 Å². The standard InChI is InChI=1S/C23H21FN8S/c24-7-19(32-12-16(10-30-32)20-17-1-4-26-22(17)29-13-28-20)15-2-5-31(11-15)23-18(8-25)21-14(9-27-23)3-6-33-21/h1,4,9-10,12-13,15,19H,2-3,5-7,11H2,(H,26,28,29)/t15-,19?/m0/s1. The summed E-state index contributed by atoms with van der Waals surface area (Å²) in [5, 5.41) is 15.2. The molecule has 8 nitrogen and oxygen atoms in total. The molecule has 2 aliphatic heterocycles. The van der Waals surface area contributed by atoms with E-state index in [2.05, 4.69) is 36.0 Å². The number of nitrogens with one attached hydrogen (secondary N) is 1. The molecule has 166 valence electrons. The molecule has 2 atom stereocenters. The van der Waals surface area contributed by atoms with Gasteiger partial charge >= 0.3 is 0 Å². The number of rotatable bonds is 5. The van der Waals surface area contributed by atoms with Gasteiger partial charge in [-0.15, -0.1) is 11.8 Å². The third-order valence-corrected chi connectivity index (χ3v) is 7.77. The first-order valence-electron chi connectivity index (χ1n) is 10.9. The maximum Gasteiger partial charge on any atom is 0.147 e. The van der Waals surface area contributed by atoms with Crippen LogP contribution in [-0.2, 0) is 6.42 Å². The molecule has 1 unspecified atom stereocenters. The SMILES string of the molecule is N#Cc1c(N2CC[C@H](C(CF)n3cc(-c4ncnc5[nH]ccc45)cn3)C2)ncc2c1SCC2. The van der Waals surface area contributed by atoms with Crippen molar-refractivity contribution in [2.24, 2.45) is 5.92 Å². The van der Waals surface area contributed by atoms with Gasteiger partial charge in [0.2, 0.25) is 0 Å². The Labute approximate surface area is 193 Å². The molecule has 33 heavy (non-hydrogen) atoms. The van der Waals surface area contributed by atoms with Gasteiger partial charge in [-0.05, 0) is 24.5 Å². The maximum absolute atomic E-state index is 14.3. The summed E-state index contributed by atoms with van der Waals surface area (Å²) in [6, 6.07) is 3.91. The van der Waals surface area contributed by atoms with Gasteiger partial charge in [0.05, 0.1) is 17.9 Å². The number of thioether (sulfide) groups is 1. The van der Waals surface area contributed by atoms with Gasteiger partial charge in [-0.25, -0.2) is 19.3 Å². The molecule has 0 radical (unpaired) electrons. The summed E-state index contributed by atoms with van der Waals surface area (Å²) < 4.78 is 16.0. The van der Waals surface area contributed by atoms with Crippen molar-refractivity contribution in [3.05, 3.63) is 48.3 Å². The summed E-state index contributed by atoms with van der Waals surface area (Å²) in [5.41, 5.74) is 4.18. The van der Waals surface area contributed by atoms with Gasteiger partial charge in [0.15, 0.2) is 0 Å². The third-order valence-electron chi connectivity index (χ3n) is 6.61. The van der Waals surface area contributed by atoms with Crippen LogP contribution in [0.5, 0.6) is 0 Å². The number of nitrogens with zero attached hydrogens (tertiary/aromatic N) is 7. The average molecular weight is 461 g/mol. The predicted octanol–water partition coefficient (Wildman–Crippen LogP) is 3.77. The Kier molecular flexibility index (Phi) is 4.99. The van der Waals surface area contributed by atoms with Crippen molar-refractivity contribution in [1.82, 2.24) is 29.7 Å². The average Bonchev–Trinajstić information content (AvgIpc) is 3.65. The van der Waals surface area contributed by atoms with Crippen LogP contribution in [0.1, 0.15) is 23.6 Å². The molecule has 0 amide bonds. The van der Waals surface area contributed by atoms with E-state index in [9.17, 15) is 9.65 Å². The van der Waals surface area contributed by atoms with Crippen LogP contribution in [0.3, 0.4) is 0 Å². The van der Waals surface area contributed by atoms with E-state index in [1.54, 1.807) is 22.6 Å². The first kappa shape index (κ1) is 20.2. The van der Waals surface area contributed by atoms with E-state index in [0.717, 1.165) is 63.7 Å². The number of hydrogen-bond acceptors (Lipinski definition) is 7. The number of aromatic nitrogens is 6. The molecule has 10 heteroatoms. The molecule has 1 saturated heterocycles. The number of pyridine rings is 1. The molecule has 1 N–H and O–H groups in total. The fourth-order valence-corrected chi connectivity index (χ4v) is 6.07. The quantitative estimate of drug-likeness (QED) is 0.484. The second-order valence-corrected chi connectivity index (χ2v) is 9.51. The van der Waals surface area contributed by atoms with Gasteiger partial charge in [-0.1, -0.05) is 0 Å². The van der Waals surface area contributed by atoms with E-state index in [1.807, 2.05) is 24.7 Å². The summed E-state index contributed by atoms with van der Waals surface area (Å²) in [4.78, 5) is 19.5. The Balaban J connectivity index is 1.26. The zero-order valence-corrected chi connectivity index (χ0v) is 18.6. The van der Waals surface area contributed by atoms with Crippen LogP contribution in [0.15, 0.2) is 42.1 Å². The van der Waals surface area contributed by atoms with E-state index in [1.165, 1.54) is 6.33 Å². The summed E-state index contributed by atoms with van der Waals surface area (Å²) in [7, 11) is 0. The van der Waals surface area contributed by atoms with E-state index >= 15 is 0 Å². The van der Waals surface area contributed by atoms with Crippen LogP contribution in [-0.4, -0.2) is 55.2 Å². The monoisotopic (exact) mass is 460 g/mol. The number of nitriles is 1. The van der Waals surface area contributed by atoms with Crippen molar-refractivity contribution < 1.29 is 4.39 Å². The normalized spacial score (nSPS) is 18.5. The third kappa shape index (κ3) is 3.35. The highest BCUT2D eigenvalue weighted by atomic mass is 32.2. The summed E-state index contributed by atoms with van der Waals surface area (Å²) in [5.74, 6) is 1.78. The second kappa shape index (κ2) is 8.15. The Hall–Kier alpha value is -3.45. The lowest BCUT2D eigenvalue weighted by molar-refractivity contribution is 0.257. The number of aromatic amines is 1. The highest BCUT2D eigenvalue weighted by Crippen LogP contribution is 2.39. The lowest BCUT2D eigenvalue weighted by atomic mass is 10.00. The largest absolute Gasteiger partial charge is 0.355 e. The zero-order chi connectivity index (χ0) is 22.4. The van der Waals surface area contributed by atoms with E-state index in [4.69, 9.17) is 0 Å². The lowest BCUT2D eigenvalue weighted by Gasteiger charge is -2.23. The number of hydrogen-bond donors (Lipinski definition) is 1. The molecule has 0 aliphatic carbocycles. The number of aryl methyl sites for hydroxylation is 1. The fraction of sp³-hybridized carbons (Fsp3) is 0.348. The topological polar surface area (TPSA) is 99.3 Å². The number of anilines is 1. The summed E-state index contributed by atoms with van der Waals surface area (Å²) in [6.45, 7) is 0.877. The van der Waals surface area contributed by atoms with E-state index in [-0.39, 0.29) is 12.0 Å². The van der Waals surface area contributed by atoms with Crippen molar-refractivity contribution >= 4 is 28.6 Å².